The largest absolute Gasteiger partial charge is 0.335 e. The zero-order valence-electron chi connectivity index (χ0n) is 15.5. The van der Waals surface area contributed by atoms with Crippen molar-refractivity contribution in [3.63, 3.8) is 0 Å². The number of urea groups is 1. The number of nitrogens with zero attached hydrogens (tertiary/aromatic N) is 4. The predicted octanol–water partition coefficient (Wildman–Crippen LogP) is 2.84. The normalized spacial score (nSPS) is 18.3. The fourth-order valence-corrected chi connectivity index (χ4v) is 3.50. The van der Waals surface area contributed by atoms with Crippen LogP contribution >= 0.6 is 0 Å². The van der Waals surface area contributed by atoms with E-state index in [1.807, 2.05) is 41.2 Å². The highest BCUT2D eigenvalue weighted by Gasteiger charge is 2.30. The Morgan fingerprint density at radius 1 is 1.07 bits per heavy atom. The lowest BCUT2D eigenvalue weighted by Gasteiger charge is -2.34. The molecule has 2 heterocycles. The van der Waals surface area contributed by atoms with E-state index < -0.39 is 0 Å². The molecule has 0 radical (unpaired) electrons. The van der Waals surface area contributed by atoms with Crippen molar-refractivity contribution in [2.24, 2.45) is 5.92 Å². The topological polar surface area (TPSA) is 70.5 Å². The standard InChI is InChI=1S/C20H25N5O2/c1-15(16-7-8-16)25-14-18(13-21-25)22-20(27)24-11-9-23(10-12-24)19(26)17-5-3-2-4-6-17/h2-6,13-16H,7-12H2,1H3,(H,22,27). The van der Waals surface area contributed by atoms with Crippen LogP contribution in [0.25, 0.3) is 0 Å². The zero-order chi connectivity index (χ0) is 18.8. The first kappa shape index (κ1) is 17.6. The number of hydrogen-bond donors (Lipinski definition) is 1. The molecule has 1 aliphatic heterocycles. The summed E-state index contributed by atoms with van der Waals surface area (Å²) >= 11 is 0. The van der Waals surface area contributed by atoms with Crippen molar-refractivity contribution in [3.05, 3.63) is 48.3 Å². The summed E-state index contributed by atoms with van der Waals surface area (Å²) in [5, 5.41) is 7.30. The number of carbonyl (C=O) groups excluding carboxylic acids is 2. The van der Waals surface area contributed by atoms with Crippen LogP contribution in [0.4, 0.5) is 10.5 Å². The smallest absolute Gasteiger partial charge is 0.322 e. The van der Waals surface area contributed by atoms with Crippen LogP contribution in [0.3, 0.4) is 0 Å². The maximum Gasteiger partial charge on any atom is 0.322 e. The molecule has 2 aromatic rings. The minimum atomic E-state index is -0.138. The van der Waals surface area contributed by atoms with E-state index in [4.69, 9.17) is 0 Å². The molecule has 142 valence electrons. The average Bonchev–Trinajstić information content (AvgIpc) is 3.46. The molecule has 2 fully saturated rings. The highest BCUT2D eigenvalue weighted by molar-refractivity contribution is 5.94. The average molecular weight is 367 g/mol. The van der Waals surface area contributed by atoms with E-state index >= 15 is 0 Å². The van der Waals surface area contributed by atoms with E-state index in [1.165, 1.54) is 12.8 Å². The van der Waals surface area contributed by atoms with Gasteiger partial charge in [-0.3, -0.25) is 9.48 Å². The van der Waals surface area contributed by atoms with Crippen LogP contribution in [0.2, 0.25) is 0 Å². The molecule has 1 aliphatic carbocycles. The third-order valence-corrected chi connectivity index (χ3v) is 5.45. The molecular formula is C20H25N5O2. The summed E-state index contributed by atoms with van der Waals surface area (Å²) in [6, 6.07) is 9.50. The van der Waals surface area contributed by atoms with Crippen LogP contribution in [-0.2, 0) is 0 Å². The Balaban J connectivity index is 1.29. The van der Waals surface area contributed by atoms with Crippen LogP contribution in [0.15, 0.2) is 42.7 Å². The Hall–Kier alpha value is -2.83. The van der Waals surface area contributed by atoms with E-state index in [1.54, 1.807) is 16.0 Å². The van der Waals surface area contributed by atoms with Crippen molar-refractivity contribution in [1.29, 1.82) is 0 Å². The molecule has 7 nitrogen and oxygen atoms in total. The molecule has 3 amide bonds. The molecule has 1 N–H and O–H groups in total. The Morgan fingerprint density at radius 2 is 1.74 bits per heavy atom. The zero-order valence-corrected chi connectivity index (χ0v) is 15.5. The molecule has 1 aromatic heterocycles. The van der Waals surface area contributed by atoms with Crippen molar-refractivity contribution in [2.45, 2.75) is 25.8 Å². The number of amides is 3. The third kappa shape index (κ3) is 3.97. The minimum absolute atomic E-state index is 0.0194. The lowest BCUT2D eigenvalue weighted by molar-refractivity contribution is 0.0671. The Labute approximate surface area is 158 Å². The summed E-state index contributed by atoms with van der Waals surface area (Å²) in [6.07, 6.45) is 6.12. The number of hydrogen-bond acceptors (Lipinski definition) is 3. The first-order valence-corrected chi connectivity index (χ1v) is 9.56. The van der Waals surface area contributed by atoms with Gasteiger partial charge in [-0.25, -0.2) is 4.79 Å². The molecule has 27 heavy (non-hydrogen) atoms. The fourth-order valence-electron chi connectivity index (χ4n) is 3.50. The molecule has 1 unspecified atom stereocenters. The van der Waals surface area contributed by atoms with Crippen LogP contribution in [0.1, 0.15) is 36.2 Å². The maximum absolute atomic E-state index is 12.5. The monoisotopic (exact) mass is 367 g/mol. The van der Waals surface area contributed by atoms with E-state index in [9.17, 15) is 9.59 Å². The highest BCUT2D eigenvalue weighted by atomic mass is 16.2. The van der Waals surface area contributed by atoms with E-state index in [0.29, 0.717) is 43.7 Å². The second-order valence-electron chi connectivity index (χ2n) is 7.36. The van der Waals surface area contributed by atoms with Crippen LogP contribution in [0.5, 0.6) is 0 Å². The number of nitrogens with one attached hydrogen (secondary N) is 1. The van der Waals surface area contributed by atoms with Gasteiger partial charge >= 0.3 is 6.03 Å². The van der Waals surface area contributed by atoms with Crippen LogP contribution in [-0.4, -0.2) is 57.7 Å². The quantitative estimate of drug-likeness (QED) is 0.903. The number of piperazine rings is 1. The lowest BCUT2D eigenvalue weighted by atomic mass is 10.2. The van der Waals surface area contributed by atoms with Gasteiger partial charge in [0.2, 0.25) is 0 Å². The van der Waals surface area contributed by atoms with E-state index in [2.05, 4.69) is 17.3 Å². The van der Waals surface area contributed by atoms with Gasteiger partial charge in [0.1, 0.15) is 0 Å². The third-order valence-electron chi connectivity index (χ3n) is 5.45. The number of rotatable bonds is 4. The summed E-state index contributed by atoms with van der Waals surface area (Å²) < 4.78 is 1.93. The Kier molecular flexibility index (Phi) is 4.83. The van der Waals surface area contributed by atoms with Gasteiger partial charge in [-0.05, 0) is 37.8 Å². The van der Waals surface area contributed by atoms with Crippen molar-refractivity contribution in [3.8, 4) is 0 Å². The number of carbonyl (C=O) groups is 2. The van der Waals surface area contributed by atoms with Crippen molar-refractivity contribution < 1.29 is 9.59 Å². The van der Waals surface area contributed by atoms with Crippen LogP contribution < -0.4 is 5.32 Å². The van der Waals surface area contributed by atoms with Crippen molar-refractivity contribution in [2.75, 3.05) is 31.5 Å². The molecule has 0 spiro atoms. The lowest BCUT2D eigenvalue weighted by Crippen LogP contribution is -2.51. The minimum Gasteiger partial charge on any atom is -0.335 e. The molecular weight excluding hydrogens is 342 g/mol. The van der Waals surface area contributed by atoms with Crippen molar-refractivity contribution >= 4 is 17.6 Å². The Morgan fingerprint density at radius 3 is 2.41 bits per heavy atom. The molecule has 0 bridgehead atoms. The molecule has 1 aromatic carbocycles. The van der Waals surface area contributed by atoms with Gasteiger partial charge in [0.15, 0.2) is 0 Å². The molecule has 1 saturated heterocycles. The van der Waals surface area contributed by atoms with Gasteiger partial charge in [0, 0.05) is 37.9 Å². The Bertz CT molecular complexity index is 807. The van der Waals surface area contributed by atoms with Gasteiger partial charge in [-0.15, -0.1) is 0 Å². The summed E-state index contributed by atoms with van der Waals surface area (Å²) in [5.74, 6) is 0.731. The van der Waals surface area contributed by atoms with Gasteiger partial charge in [0.25, 0.3) is 5.91 Å². The van der Waals surface area contributed by atoms with Gasteiger partial charge < -0.3 is 15.1 Å². The SMILES string of the molecule is CC(C1CC1)n1cc(NC(=O)N2CCN(C(=O)c3ccccc3)CC2)cn1. The van der Waals surface area contributed by atoms with Gasteiger partial charge in [0.05, 0.1) is 17.9 Å². The second-order valence-corrected chi connectivity index (χ2v) is 7.36. The molecule has 1 saturated carbocycles. The summed E-state index contributed by atoms with van der Waals surface area (Å²) in [7, 11) is 0. The summed E-state index contributed by atoms with van der Waals surface area (Å²) in [6.45, 7) is 4.30. The van der Waals surface area contributed by atoms with E-state index in [0.717, 1.165) is 5.69 Å². The highest BCUT2D eigenvalue weighted by Crippen LogP contribution is 2.39. The van der Waals surface area contributed by atoms with Gasteiger partial charge in [-0.2, -0.15) is 5.10 Å². The molecule has 2 aliphatic rings. The van der Waals surface area contributed by atoms with E-state index in [-0.39, 0.29) is 11.9 Å². The predicted molar refractivity (Wildman–Crippen MR) is 103 cm³/mol. The molecule has 4 rings (SSSR count). The second kappa shape index (κ2) is 7.42. The summed E-state index contributed by atoms with van der Waals surface area (Å²) in [4.78, 5) is 28.5. The molecule has 7 heteroatoms. The number of benzene rings is 1. The fraction of sp³-hybridized carbons (Fsp3) is 0.450. The number of aromatic nitrogens is 2. The van der Waals surface area contributed by atoms with Crippen LogP contribution in [0, 0.1) is 5.92 Å². The number of anilines is 1. The summed E-state index contributed by atoms with van der Waals surface area (Å²) in [5.41, 5.74) is 1.41. The molecule has 1 atom stereocenters. The maximum atomic E-state index is 12.5. The first-order valence-electron chi connectivity index (χ1n) is 9.56. The first-order chi connectivity index (χ1) is 13.1. The van der Waals surface area contributed by atoms with Gasteiger partial charge in [-0.1, -0.05) is 18.2 Å². The van der Waals surface area contributed by atoms with Crippen molar-refractivity contribution in [1.82, 2.24) is 19.6 Å².